The van der Waals surface area contributed by atoms with Crippen molar-refractivity contribution in [3.8, 4) is 0 Å². The predicted octanol–water partition coefficient (Wildman–Crippen LogP) is 2.51. The molecule has 1 fully saturated rings. The summed E-state index contributed by atoms with van der Waals surface area (Å²) < 4.78 is 1.89. The smallest absolute Gasteiger partial charge is 0.178 e. The first-order chi connectivity index (χ1) is 12.4. The van der Waals surface area contributed by atoms with Crippen molar-refractivity contribution >= 4 is 22.8 Å². The third-order valence-electron chi connectivity index (χ3n) is 4.67. The monoisotopic (exact) mass is 371 g/mol. The van der Waals surface area contributed by atoms with E-state index >= 15 is 0 Å². The van der Waals surface area contributed by atoms with Gasteiger partial charge in [-0.3, -0.25) is 4.90 Å². The predicted molar refractivity (Wildman–Crippen MR) is 104 cm³/mol. The van der Waals surface area contributed by atoms with Crippen molar-refractivity contribution in [3.63, 3.8) is 0 Å². The number of aromatic nitrogens is 5. The molecule has 3 aromatic heterocycles. The quantitative estimate of drug-likeness (QED) is 0.705. The van der Waals surface area contributed by atoms with Crippen molar-refractivity contribution < 1.29 is 0 Å². The van der Waals surface area contributed by atoms with Gasteiger partial charge in [0.2, 0.25) is 0 Å². The number of piperazine rings is 1. The summed E-state index contributed by atoms with van der Waals surface area (Å²) in [5.41, 5.74) is 1.89. The van der Waals surface area contributed by atoms with Gasteiger partial charge in [0.25, 0.3) is 0 Å². The van der Waals surface area contributed by atoms with E-state index in [9.17, 15) is 0 Å². The lowest BCUT2D eigenvalue weighted by molar-refractivity contribution is 0.246. The molecule has 138 valence electrons. The van der Waals surface area contributed by atoms with Gasteiger partial charge in [-0.2, -0.15) is 4.52 Å². The van der Waals surface area contributed by atoms with Crippen molar-refractivity contribution in [2.75, 3.05) is 31.1 Å². The van der Waals surface area contributed by atoms with Crippen LogP contribution in [0.5, 0.6) is 0 Å². The second kappa shape index (κ2) is 6.59. The van der Waals surface area contributed by atoms with Gasteiger partial charge >= 0.3 is 0 Å². The fourth-order valence-corrected chi connectivity index (χ4v) is 3.86. The Morgan fingerprint density at radius 1 is 1.08 bits per heavy atom. The molecule has 0 saturated carbocycles. The fourth-order valence-electron chi connectivity index (χ4n) is 3.26. The van der Waals surface area contributed by atoms with Gasteiger partial charge in [0.1, 0.15) is 5.82 Å². The van der Waals surface area contributed by atoms with E-state index in [-0.39, 0.29) is 5.41 Å². The molecule has 4 rings (SSSR count). The summed E-state index contributed by atoms with van der Waals surface area (Å²) in [7, 11) is 0. The summed E-state index contributed by atoms with van der Waals surface area (Å²) in [6.07, 6.45) is 0. The van der Waals surface area contributed by atoms with Crippen molar-refractivity contribution in [2.24, 2.45) is 0 Å². The molecule has 1 aliphatic rings. The van der Waals surface area contributed by atoms with E-state index < -0.39 is 0 Å². The lowest BCUT2D eigenvalue weighted by Gasteiger charge is -2.35. The Morgan fingerprint density at radius 3 is 2.50 bits per heavy atom. The Bertz CT molecular complexity index is 900. The molecule has 3 aromatic rings. The molecule has 0 bridgehead atoms. The summed E-state index contributed by atoms with van der Waals surface area (Å²) >= 11 is 1.72. The van der Waals surface area contributed by atoms with E-state index in [2.05, 4.69) is 64.1 Å². The van der Waals surface area contributed by atoms with Gasteiger partial charge < -0.3 is 4.90 Å². The van der Waals surface area contributed by atoms with E-state index in [0.29, 0.717) is 0 Å². The molecule has 1 saturated heterocycles. The van der Waals surface area contributed by atoms with Crippen LogP contribution in [0.25, 0.3) is 5.65 Å². The van der Waals surface area contributed by atoms with E-state index in [1.807, 2.05) is 10.6 Å². The summed E-state index contributed by atoms with van der Waals surface area (Å²) in [6.45, 7) is 13.4. The van der Waals surface area contributed by atoms with Crippen LogP contribution in [0.3, 0.4) is 0 Å². The van der Waals surface area contributed by atoms with Crippen LogP contribution in [0.2, 0.25) is 0 Å². The normalized spacial score (nSPS) is 16.5. The second-order valence-electron chi connectivity index (χ2n) is 7.86. The van der Waals surface area contributed by atoms with Crippen molar-refractivity contribution in [1.29, 1.82) is 0 Å². The SMILES string of the molecule is Cc1nc(CN2CCN(c3ccc4nnc(C(C)(C)C)n4n3)CC2)cs1. The highest BCUT2D eigenvalue weighted by Gasteiger charge is 2.23. The number of aryl methyl sites for hydroxylation is 1. The zero-order chi connectivity index (χ0) is 18.3. The summed E-state index contributed by atoms with van der Waals surface area (Å²) in [6, 6.07) is 4.06. The van der Waals surface area contributed by atoms with Gasteiger partial charge in [-0.25, -0.2) is 4.98 Å². The molecule has 7 nitrogen and oxygen atoms in total. The van der Waals surface area contributed by atoms with Gasteiger partial charge in [0, 0.05) is 43.5 Å². The number of anilines is 1. The van der Waals surface area contributed by atoms with Gasteiger partial charge in [0.05, 0.1) is 10.7 Å². The molecule has 0 spiro atoms. The minimum Gasteiger partial charge on any atom is -0.353 e. The number of thiazole rings is 1. The molecule has 1 aliphatic heterocycles. The largest absolute Gasteiger partial charge is 0.353 e. The molecule has 0 unspecified atom stereocenters. The van der Waals surface area contributed by atoms with Crippen LogP contribution in [-0.2, 0) is 12.0 Å². The highest BCUT2D eigenvalue weighted by molar-refractivity contribution is 7.09. The Morgan fingerprint density at radius 2 is 1.85 bits per heavy atom. The van der Waals surface area contributed by atoms with Crippen LogP contribution < -0.4 is 4.90 Å². The van der Waals surface area contributed by atoms with Gasteiger partial charge in [-0.15, -0.1) is 26.6 Å². The third kappa shape index (κ3) is 3.43. The fraction of sp³-hybridized carbons (Fsp3) is 0.556. The summed E-state index contributed by atoms with van der Waals surface area (Å²) in [5.74, 6) is 1.89. The molecule has 0 aromatic carbocycles. The molecular weight excluding hydrogens is 346 g/mol. The number of fused-ring (bicyclic) bond motifs is 1. The molecule has 0 radical (unpaired) electrons. The van der Waals surface area contributed by atoms with Gasteiger partial charge in [-0.1, -0.05) is 20.8 Å². The van der Waals surface area contributed by atoms with Crippen LogP contribution in [0.1, 0.15) is 37.3 Å². The molecule has 0 aliphatic carbocycles. The molecule has 0 amide bonds. The van der Waals surface area contributed by atoms with Crippen molar-refractivity contribution in [3.05, 3.63) is 34.0 Å². The molecule has 0 N–H and O–H groups in total. The lowest BCUT2D eigenvalue weighted by atomic mass is 9.96. The minimum absolute atomic E-state index is 0.0879. The van der Waals surface area contributed by atoms with Crippen LogP contribution in [0.4, 0.5) is 5.82 Å². The average molecular weight is 372 g/mol. The first-order valence-corrected chi connectivity index (χ1v) is 9.89. The van der Waals surface area contributed by atoms with Crippen molar-refractivity contribution in [2.45, 2.75) is 39.7 Å². The zero-order valence-electron chi connectivity index (χ0n) is 15.8. The number of hydrogen-bond acceptors (Lipinski definition) is 7. The zero-order valence-corrected chi connectivity index (χ0v) is 16.6. The first-order valence-electron chi connectivity index (χ1n) is 9.01. The Balaban J connectivity index is 1.47. The third-order valence-corrected chi connectivity index (χ3v) is 5.49. The van der Waals surface area contributed by atoms with Crippen LogP contribution in [0, 0.1) is 6.92 Å². The molecule has 8 heteroatoms. The Kier molecular flexibility index (Phi) is 4.40. The number of nitrogens with zero attached hydrogens (tertiary/aromatic N) is 7. The average Bonchev–Trinajstić information content (AvgIpc) is 3.20. The Hall–Kier alpha value is -2.06. The van der Waals surface area contributed by atoms with E-state index in [1.165, 1.54) is 5.69 Å². The van der Waals surface area contributed by atoms with Gasteiger partial charge in [0.15, 0.2) is 11.5 Å². The molecular formula is C18H25N7S. The highest BCUT2D eigenvalue weighted by atomic mass is 32.1. The maximum Gasteiger partial charge on any atom is 0.178 e. The van der Waals surface area contributed by atoms with Crippen LogP contribution in [0.15, 0.2) is 17.5 Å². The number of rotatable bonds is 3. The lowest BCUT2D eigenvalue weighted by Crippen LogP contribution is -2.46. The highest BCUT2D eigenvalue weighted by Crippen LogP contribution is 2.22. The maximum atomic E-state index is 4.83. The van der Waals surface area contributed by atoms with Crippen LogP contribution >= 0.6 is 11.3 Å². The second-order valence-corrected chi connectivity index (χ2v) is 8.92. The van der Waals surface area contributed by atoms with E-state index in [1.54, 1.807) is 11.3 Å². The molecule has 26 heavy (non-hydrogen) atoms. The first kappa shape index (κ1) is 17.4. The maximum absolute atomic E-state index is 4.83. The topological polar surface area (TPSA) is 62.5 Å². The minimum atomic E-state index is -0.0879. The van der Waals surface area contributed by atoms with E-state index in [0.717, 1.165) is 55.0 Å². The number of hydrogen-bond donors (Lipinski definition) is 0. The molecule has 0 atom stereocenters. The summed E-state index contributed by atoms with van der Waals surface area (Å²) in [4.78, 5) is 9.38. The van der Waals surface area contributed by atoms with Crippen LogP contribution in [-0.4, -0.2) is 55.9 Å². The Labute approximate surface area is 157 Å². The summed E-state index contributed by atoms with van der Waals surface area (Å²) in [5, 5.41) is 16.7. The van der Waals surface area contributed by atoms with Gasteiger partial charge in [-0.05, 0) is 19.1 Å². The molecule has 4 heterocycles. The van der Waals surface area contributed by atoms with Crippen molar-refractivity contribution in [1.82, 2.24) is 29.7 Å². The standard InChI is InChI=1S/C18H25N7S/c1-13-19-14(12-26-13)11-23-7-9-24(10-8-23)16-6-5-15-20-21-17(18(2,3)4)25(15)22-16/h5-6,12H,7-11H2,1-4H3. The van der Waals surface area contributed by atoms with E-state index in [4.69, 9.17) is 5.10 Å².